The number of hydrogen-bond acceptors (Lipinski definition) is 5. The van der Waals surface area contributed by atoms with E-state index in [0.717, 1.165) is 32.1 Å². The van der Waals surface area contributed by atoms with Gasteiger partial charge >= 0.3 is 0 Å². The van der Waals surface area contributed by atoms with Crippen LogP contribution in [-0.4, -0.2) is 47.5 Å². The van der Waals surface area contributed by atoms with Crippen LogP contribution in [0.4, 0.5) is 5.95 Å². The summed E-state index contributed by atoms with van der Waals surface area (Å²) in [7, 11) is 2.14. The van der Waals surface area contributed by atoms with E-state index in [1.54, 1.807) is 5.51 Å². The van der Waals surface area contributed by atoms with E-state index in [0.29, 0.717) is 0 Å². The van der Waals surface area contributed by atoms with E-state index >= 15 is 0 Å². The SMILES string of the molecule is CN1CCN(c2ncsn2)CC1. The van der Waals surface area contributed by atoms with E-state index < -0.39 is 0 Å². The standard InChI is InChI=1S/C7H12N4S/c1-10-2-4-11(5-3-10)7-8-6-12-9-7/h6H,2-5H2,1H3. The summed E-state index contributed by atoms with van der Waals surface area (Å²) in [5.74, 6) is 0.896. The van der Waals surface area contributed by atoms with Crippen molar-refractivity contribution in [2.45, 2.75) is 0 Å². The van der Waals surface area contributed by atoms with Crippen LogP contribution in [-0.2, 0) is 0 Å². The van der Waals surface area contributed by atoms with Crippen molar-refractivity contribution in [2.24, 2.45) is 0 Å². The van der Waals surface area contributed by atoms with Gasteiger partial charge in [0.1, 0.15) is 5.51 Å². The second kappa shape index (κ2) is 3.37. The first-order valence-electron chi connectivity index (χ1n) is 4.06. The van der Waals surface area contributed by atoms with E-state index in [2.05, 4.69) is 26.2 Å². The van der Waals surface area contributed by atoms with Crippen molar-refractivity contribution < 1.29 is 0 Å². The van der Waals surface area contributed by atoms with Gasteiger partial charge in [0.15, 0.2) is 0 Å². The first-order chi connectivity index (χ1) is 5.86. The van der Waals surface area contributed by atoms with Crippen LogP contribution in [0.15, 0.2) is 5.51 Å². The van der Waals surface area contributed by atoms with Crippen molar-refractivity contribution in [2.75, 3.05) is 38.1 Å². The van der Waals surface area contributed by atoms with Crippen molar-refractivity contribution >= 4 is 17.5 Å². The molecule has 1 aromatic heterocycles. The smallest absolute Gasteiger partial charge is 0.237 e. The Morgan fingerprint density at radius 3 is 2.67 bits per heavy atom. The Bertz CT molecular complexity index is 228. The number of piperazine rings is 1. The van der Waals surface area contributed by atoms with Crippen molar-refractivity contribution in [3.05, 3.63) is 5.51 Å². The zero-order chi connectivity index (χ0) is 8.39. The van der Waals surface area contributed by atoms with Crippen molar-refractivity contribution in [1.82, 2.24) is 14.3 Å². The molecule has 4 nitrogen and oxygen atoms in total. The van der Waals surface area contributed by atoms with Crippen LogP contribution in [0.2, 0.25) is 0 Å². The fourth-order valence-corrected chi connectivity index (χ4v) is 1.76. The number of likely N-dealkylation sites (N-methyl/N-ethyl adjacent to an activating group) is 1. The topological polar surface area (TPSA) is 32.3 Å². The Labute approximate surface area is 76.0 Å². The quantitative estimate of drug-likeness (QED) is 0.628. The van der Waals surface area contributed by atoms with Crippen molar-refractivity contribution in [3.8, 4) is 0 Å². The predicted octanol–water partition coefficient (Wildman–Crippen LogP) is 0.290. The summed E-state index contributed by atoms with van der Waals surface area (Å²) in [6.45, 7) is 4.32. The van der Waals surface area contributed by atoms with Crippen molar-refractivity contribution in [3.63, 3.8) is 0 Å². The van der Waals surface area contributed by atoms with Crippen LogP contribution in [0.1, 0.15) is 0 Å². The molecule has 0 saturated carbocycles. The monoisotopic (exact) mass is 184 g/mol. The largest absolute Gasteiger partial charge is 0.338 e. The molecular weight excluding hydrogens is 172 g/mol. The summed E-state index contributed by atoms with van der Waals surface area (Å²) >= 11 is 1.42. The average Bonchev–Trinajstić information content (AvgIpc) is 2.58. The average molecular weight is 184 g/mol. The van der Waals surface area contributed by atoms with Crippen LogP contribution in [0, 0.1) is 0 Å². The molecule has 0 N–H and O–H groups in total. The Balaban J connectivity index is 1.99. The fourth-order valence-electron chi connectivity index (χ4n) is 1.31. The molecule has 0 radical (unpaired) electrons. The molecule has 0 atom stereocenters. The maximum Gasteiger partial charge on any atom is 0.237 e. The second-order valence-electron chi connectivity index (χ2n) is 3.02. The first-order valence-corrected chi connectivity index (χ1v) is 4.90. The lowest BCUT2D eigenvalue weighted by molar-refractivity contribution is 0.311. The highest BCUT2D eigenvalue weighted by atomic mass is 32.1. The molecule has 0 spiro atoms. The number of hydrogen-bond donors (Lipinski definition) is 0. The molecule has 1 aliphatic heterocycles. The van der Waals surface area contributed by atoms with Gasteiger partial charge in [0, 0.05) is 26.2 Å². The summed E-state index contributed by atoms with van der Waals surface area (Å²) in [6, 6.07) is 0. The summed E-state index contributed by atoms with van der Waals surface area (Å²) < 4.78 is 4.20. The summed E-state index contributed by atoms with van der Waals surface area (Å²) in [4.78, 5) is 8.73. The zero-order valence-corrected chi connectivity index (χ0v) is 7.92. The van der Waals surface area contributed by atoms with Gasteiger partial charge in [0.05, 0.1) is 0 Å². The van der Waals surface area contributed by atoms with E-state index in [4.69, 9.17) is 0 Å². The molecule has 0 bridgehead atoms. The molecule has 1 aromatic rings. The fraction of sp³-hybridized carbons (Fsp3) is 0.714. The lowest BCUT2D eigenvalue weighted by Crippen LogP contribution is -2.44. The zero-order valence-electron chi connectivity index (χ0n) is 7.10. The molecular formula is C7H12N4S. The van der Waals surface area contributed by atoms with Gasteiger partial charge in [0.2, 0.25) is 5.95 Å². The third kappa shape index (κ3) is 1.56. The Morgan fingerprint density at radius 1 is 1.33 bits per heavy atom. The van der Waals surface area contributed by atoms with Crippen LogP contribution in [0.5, 0.6) is 0 Å². The molecule has 5 heteroatoms. The van der Waals surface area contributed by atoms with Gasteiger partial charge in [0.25, 0.3) is 0 Å². The highest BCUT2D eigenvalue weighted by molar-refractivity contribution is 7.03. The Hall–Kier alpha value is -0.680. The minimum Gasteiger partial charge on any atom is -0.338 e. The lowest BCUT2D eigenvalue weighted by Gasteiger charge is -2.31. The molecule has 0 aromatic carbocycles. The van der Waals surface area contributed by atoms with Gasteiger partial charge in [-0.25, -0.2) is 4.98 Å². The minimum absolute atomic E-state index is 0.896. The third-order valence-corrected chi connectivity index (χ3v) is 2.60. The molecule has 12 heavy (non-hydrogen) atoms. The van der Waals surface area contributed by atoms with Gasteiger partial charge < -0.3 is 9.80 Å². The maximum atomic E-state index is 4.20. The van der Waals surface area contributed by atoms with Crippen LogP contribution in [0.25, 0.3) is 0 Å². The highest BCUT2D eigenvalue weighted by Crippen LogP contribution is 2.10. The van der Waals surface area contributed by atoms with Gasteiger partial charge in [-0.2, -0.15) is 4.37 Å². The molecule has 1 saturated heterocycles. The molecule has 0 unspecified atom stereocenters. The molecule has 1 aliphatic rings. The third-order valence-electron chi connectivity index (χ3n) is 2.14. The minimum atomic E-state index is 0.896. The lowest BCUT2D eigenvalue weighted by atomic mass is 10.3. The Kier molecular flexibility index (Phi) is 2.23. The molecule has 0 amide bonds. The van der Waals surface area contributed by atoms with E-state index in [1.807, 2.05) is 0 Å². The number of aromatic nitrogens is 2. The molecule has 2 heterocycles. The molecule has 2 rings (SSSR count). The van der Waals surface area contributed by atoms with Crippen molar-refractivity contribution in [1.29, 1.82) is 0 Å². The summed E-state index contributed by atoms with van der Waals surface area (Å²) in [5.41, 5.74) is 1.79. The van der Waals surface area contributed by atoms with Gasteiger partial charge in [-0.05, 0) is 18.6 Å². The maximum absolute atomic E-state index is 4.20. The predicted molar refractivity (Wildman–Crippen MR) is 49.6 cm³/mol. The molecule has 66 valence electrons. The van der Waals surface area contributed by atoms with Gasteiger partial charge in [-0.15, -0.1) is 0 Å². The number of nitrogens with zero attached hydrogens (tertiary/aromatic N) is 4. The highest BCUT2D eigenvalue weighted by Gasteiger charge is 2.15. The van der Waals surface area contributed by atoms with Crippen LogP contribution in [0.3, 0.4) is 0 Å². The van der Waals surface area contributed by atoms with Gasteiger partial charge in [-0.1, -0.05) is 0 Å². The van der Waals surface area contributed by atoms with Gasteiger partial charge in [-0.3, -0.25) is 0 Å². The molecule has 0 aliphatic carbocycles. The summed E-state index contributed by atoms with van der Waals surface area (Å²) in [6.07, 6.45) is 0. The normalized spacial score (nSPS) is 19.9. The second-order valence-corrected chi connectivity index (χ2v) is 3.63. The molecule has 1 fully saturated rings. The summed E-state index contributed by atoms with van der Waals surface area (Å²) in [5, 5.41) is 0. The number of anilines is 1. The van der Waals surface area contributed by atoms with E-state index in [9.17, 15) is 0 Å². The van der Waals surface area contributed by atoms with E-state index in [-0.39, 0.29) is 0 Å². The van der Waals surface area contributed by atoms with E-state index in [1.165, 1.54) is 11.5 Å². The van der Waals surface area contributed by atoms with Crippen LogP contribution < -0.4 is 4.90 Å². The number of rotatable bonds is 1. The first kappa shape index (κ1) is 7.94. The van der Waals surface area contributed by atoms with Crippen LogP contribution >= 0.6 is 11.5 Å². The Morgan fingerprint density at radius 2 is 2.08 bits per heavy atom.